The van der Waals surface area contributed by atoms with Gasteiger partial charge in [-0.2, -0.15) is 0 Å². The second-order valence-electron chi connectivity index (χ2n) is 21.0. The number of primary amides is 1. The van der Waals surface area contributed by atoms with Crippen LogP contribution in [0.15, 0.2) is 61.7 Å². The molecule has 0 saturated carbocycles. The number of nitrogens with one attached hydrogen (secondary N) is 6. The predicted molar refractivity (Wildman–Crippen MR) is 316 cm³/mol. The number of nitrogen functional groups attached to an aromatic ring is 1. The summed E-state index contributed by atoms with van der Waals surface area (Å²) in [6, 6.07) is 3.22. The van der Waals surface area contributed by atoms with Gasteiger partial charge in [0.2, 0.25) is 29.5 Å². The zero-order valence-corrected chi connectivity index (χ0v) is 51.3. The summed E-state index contributed by atoms with van der Waals surface area (Å²) >= 11 is 8.10. The minimum absolute atomic E-state index is 0.00164. The average Bonchev–Trinajstić information content (AvgIpc) is 1.82. The monoisotopic (exact) mass is 1340 g/mol. The highest BCUT2D eigenvalue weighted by atomic mass is 32.7. The van der Waals surface area contributed by atoms with Gasteiger partial charge in [-0.25, -0.2) is 57.4 Å². The van der Waals surface area contributed by atoms with Crippen LogP contribution in [0.5, 0.6) is 0 Å². The highest BCUT2D eigenvalue weighted by molar-refractivity contribution is 8.44. The number of carbonyl (C=O) groups is 7. The number of amides is 8. The maximum atomic E-state index is 16.7. The number of hydrogen-bond donors (Lipinski definition) is 11. The first-order chi connectivity index (χ1) is 42.8. The third kappa shape index (κ3) is 16.5. The lowest BCUT2D eigenvalue weighted by Gasteiger charge is -2.28. The van der Waals surface area contributed by atoms with Crippen molar-refractivity contribution in [1.29, 1.82) is 0 Å². The van der Waals surface area contributed by atoms with E-state index in [0.717, 1.165) is 28.4 Å². The third-order valence-corrected chi connectivity index (χ3v) is 17.5. The highest BCUT2D eigenvalue weighted by Crippen LogP contribution is 2.60. The quantitative estimate of drug-likeness (QED) is 0.0269. The zero-order chi connectivity index (χ0) is 64.6. The number of alkyl halides is 2. The van der Waals surface area contributed by atoms with E-state index in [2.05, 4.69) is 86.3 Å². The fourth-order valence-electron chi connectivity index (χ4n) is 9.78. The number of halogens is 2. The average molecular weight is 1340 g/mol. The standard InChI is InChI=1S/C50H63F2N17O17P2S2/c1-24(2)36(65-31(71)13-16-67-32(72)11-12-33(67)73)46(75)64-27(5-3-14-55-49(54)76)45(74)63-26-9-7-25(8-10-26)17-80-50(77)56-15-4-6-30(70)66-42-38-44(60-21-58-42)69(23-62-38)48-35(52)40-29(84-48)19-82-87(78,89)85-39-28(18-81-88(79,90)86-40)83-47(34(39)51)68-22-61-37-41(53)57-20-59-43(37)68/h7-12,20-24,27-29,32,34-36,39-40,47-48,72H,3-6,13-19H2,1-2H3,(H,56,77)(H,63,74)(H,64,75)(H,65,71)(H,78,89)(H,79,90)(H2,53,57,59)(H3,54,55,76)(H,58,60,66,70)/t27-,28+,29+,32?,34+,35+,36-,39+,40+,47+,48+,87+,88+/m0/s1. The van der Waals surface area contributed by atoms with Crippen LogP contribution in [0, 0.1) is 5.92 Å². The number of nitrogens with two attached hydrogens (primary N) is 2. The maximum Gasteiger partial charge on any atom is 0.407 e. The smallest absolute Gasteiger partial charge is 0.407 e. The molecule has 13 atom stereocenters. The fraction of sp³-hybridized carbons (Fsp3) is 0.500. The van der Waals surface area contributed by atoms with Gasteiger partial charge in [-0.05, 0) is 49.0 Å². The molecule has 3 saturated heterocycles. The number of hydrogen-bond acceptors (Lipinski definition) is 24. The summed E-state index contributed by atoms with van der Waals surface area (Å²) in [6.07, 6.45) is -8.84. The second-order valence-corrected chi connectivity index (χ2v) is 26.7. The molecule has 1 aromatic carbocycles. The summed E-state index contributed by atoms with van der Waals surface area (Å²) in [5.41, 5.74) is 12.1. The molecule has 8 heterocycles. The summed E-state index contributed by atoms with van der Waals surface area (Å²) in [6.45, 7) is -7.44. The number of thiol groups is 2. The molecule has 1 unspecified atom stereocenters. The number of urea groups is 1. The van der Waals surface area contributed by atoms with Gasteiger partial charge in [0.1, 0.15) is 67.5 Å². The first-order valence-electron chi connectivity index (χ1n) is 27.8. The van der Waals surface area contributed by atoms with Crippen LogP contribution in [0.25, 0.3) is 22.3 Å². The van der Waals surface area contributed by atoms with E-state index in [9.17, 15) is 47.8 Å². The van der Waals surface area contributed by atoms with Crippen molar-refractivity contribution >= 4 is 119 Å². The van der Waals surface area contributed by atoms with E-state index >= 15 is 8.78 Å². The molecule has 5 aromatic rings. The van der Waals surface area contributed by atoms with Crippen LogP contribution in [0.1, 0.15) is 64.0 Å². The number of rotatable bonds is 22. The molecule has 486 valence electrons. The van der Waals surface area contributed by atoms with E-state index in [1.165, 1.54) is 35.2 Å². The van der Waals surface area contributed by atoms with Crippen molar-refractivity contribution in [2.75, 3.05) is 49.2 Å². The van der Waals surface area contributed by atoms with Gasteiger partial charge in [0.05, 0.1) is 25.9 Å². The SMILES string of the molecule is CC(C)[C@H](NC(=O)CCN1C(=O)C=CC1O)C(=O)N[C@@H](CCCNC(N)=O)C(=O)Nc1ccc(COC(=O)NCCCC(=O)Nc2ncnc3c2ncn3[C@@H]2O[C@@H]3CO[P@@](=O)(S)O[C@H]4[C@@H](F)[C@H](n5cnc6c(N)ncnc65)O[C@@H]4CO[P@@](=O)(S)O[C@H]3[C@H]2F)cc1. The topological polar surface area (TPSA) is 453 Å². The first-order valence-corrected chi connectivity index (χ1v) is 33.2. The van der Waals surface area contributed by atoms with Gasteiger partial charge in [-0.15, -0.1) is 0 Å². The van der Waals surface area contributed by atoms with Crippen molar-refractivity contribution in [3.8, 4) is 0 Å². The summed E-state index contributed by atoms with van der Waals surface area (Å²) < 4.78 is 102. The second kappa shape index (κ2) is 29.2. The Morgan fingerprint density at radius 2 is 1.38 bits per heavy atom. The van der Waals surface area contributed by atoms with Crippen molar-refractivity contribution in [2.45, 2.75) is 120 Å². The van der Waals surface area contributed by atoms with Crippen LogP contribution in [0.2, 0.25) is 0 Å². The van der Waals surface area contributed by atoms with Crippen LogP contribution in [-0.2, 0) is 72.0 Å². The lowest BCUT2D eigenvalue weighted by Crippen LogP contribution is -2.54. The minimum Gasteiger partial charge on any atom is -0.445 e. The van der Waals surface area contributed by atoms with Crippen LogP contribution in [0.3, 0.4) is 0 Å². The Kier molecular flexibility index (Phi) is 21.7. The number of nitrogens with zero attached hydrogens (tertiary/aromatic N) is 9. The van der Waals surface area contributed by atoms with Gasteiger partial charge in [0, 0.05) is 44.2 Å². The normalized spacial score (nSPS) is 26.6. The largest absolute Gasteiger partial charge is 0.445 e. The summed E-state index contributed by atoms with van der Waals surface area (Å²) in [7, 11) is 0. The van der Waals surface area contributed by atoms with Crippen LogP contribution in [0.4, 0.5) is 35.7 Å². The lowest BCUT2D eigenvalue weighted by atomic mass is 10.0. The van der Waals surface area contributed by atoms with E-state index in [4.69, 9.17) is 43.8 Å². The summed E-state index contributed by atoms with van der Waals surface area (Å²) in [4.78, 5) is 115. The fourth-order valence-corrected chi connectivity index (χ4v) is 12.7. The van der Waals surface area contributed by atoms with Gasteiger partial charge >= 0.3 is 25.7 Å². The molecule has 9 rings (SSSR count). The Bertz CT molecular complexity index is 3620. The number of aliphatic hydroxyl groups is 1. The number of benzene rings is 1. The minimum atomic E-state index is -4.56. The Labute approximate surface area is 519 Å². The first kappa shape index (κ1) is 66.9. The van der Waals surface area contributed by atoms with Crippen molar-refractivity contribution < 1.29 is 88.9 Å². The van der Waals surface area contributed by atoms with Crippen LogP contribution in [-0.4, -0.2) is 179 Å². The summed E-state index contributed by atoms with van der Waals surface area (Å²) in [5, 5.41) is 25.6. The van der Waals surface area contributed by atoms with Crippen LogP contribution < -0.4 is 43.4 Å². The van der Waals surface area contributed by atoms with E-state index in [0.29, 0.717) is 11.3 Å². The Balaban J connectivity index is 0.727. The maximum absolute atomic E-state index is 16.7. The molecule has 40 heteroatoms. The summed E-state index contributed by atoms with van der Waals surface area (Å²) in [5.74, 6) is -3.38. The van der Waals surface area contributed by atoms with Gasteiger partial charge in [0.25, 0.3) is 0 Å². The van der Waals surface area contributed by atoms with E-state index in [1.54, 1.807) is 26.0 Å². The van der Waals surface area contributed by atoms with Gasteiger partial charge in [-0.3, -0.25) is 51.2 Å². The zero-order valence-electron chi connectivity index (χ0n) is 47.7. The Morgan fingerprint density at radius 3 is 1.98 bits per heavy atom. The van der Waals surface area contributed by atoms with Gasteiger partial charge < -0.3 is 67.6 Å². The van der Waals surface area contributed by atoms with E-state index < -0.39 is 142 Å². The molecule has 4 aliphatic rings. The van der Waals surface area contributed by atoms with Crippen molar-refractivity contribution in [3.05, 3.63) is 67.3 Å². The molecule has 0 bridgehead atoms. The number of ether oxygens (including phenoxy) is 3. The van der Waals surface area contributed by atoms with Crippen molar-refractivity contribution in [1.82, 2.24) is 65.2 Å². The van der Waals surface area contributed by atoms with Gasteiger partial charge in [-0.1, -0.05) is 50.5 Å². The van der Waals surface area contributed by atoms with Crippen molar-refractivity contribution in [3.63, 3.8) is 0 Å². The van der Waals surface area contributed by atoms with Crippen molar-refractivity contribution in [2.24, 2.45) is 11.7 Å². The van der Waals surface area contributed by atoms with E-state index in [-0.39, 0.29) is 92.3 Å². The number of fused-ring (bicyclic) bond motifs is 4. The molecule has 4 aromatic heterocycles. The molecular formula is C50H63F2N17O17P2S2. The van der Waals surface area contributed by atoms with Crippen LogP contribution >= 0.6 is 38.1 Å². The molecule has 90 heavy (non-hydrogen) atoms. The number of alkyl carbamates (subject to hydrolysis) is 1. The lowest BCUT2D eigenvalue weighted by molar-refractivity contribution is -0.134. The molecule has 11 N–H and O–H groups in total. The molecule has 0 radical (unpaired) electrons. The molecule has 4 aliphatic heterocycles. The number of carbonyl (C=O) groups excluding carboxylic acids is 7. The number of aromatic nitrogens is 8. The number of aliphatic hydroxyl groups excluding tert-OH is 1. The number of imidazole rings is 2. The predicted octanol–water partition coefficient (Wildman–Crippen LogP) is 2.38. The molecule has 8 amide bonds. The molecule has 0 spiro atoms. The van der Waals surface area contributed by atoms with Gasteiger partial charge in [0.15, 0.2) is 53.2 Å². The Hall–Kier alpha value is -7.51. The van der Waals surface area contributed by atoms with E-state index in [1.807, 2.05) is 0 Å². The third-order valence-electron chi connectivity index (χ3n) is 14.3. The molecule has 3 fully saturated rings. The highest BCUT2D eigenvalue weighted by Gasteiger charge is 2.54. The molecule has 0 aliphatic carbocycles. The number of anilines is 3. The molecular weight excluding hydrogens is 1270 g/mol. The molecule has 34 nitrogen and oxygen atoms in total. The Morgan fingerprint density at radius 1 is 0.778 bits per heavy atom.